The molecule has 0 radical (unpaired) electrons. The van der Waals surface area contributed by atoms with Crippen LogP contribution in [-0.4, -0.2) is 38.2 Å². The molecule has 0 aliphatic carbocycles. The number of amides is 1. The maximum absolute atomic E-state index is 11.5. The van der Waals surface area contributed by atoms with Crippen LogP contribution < -0.4 is 0 Å². The highest BCUT2D eigenvalue weighted by Gasteiger charge is 2.29. The summed E-state index contributed by atoms with van der Waals surface area (Å²) >= 11 is 0. The summed E-state index contributed by atoms with van der Waals surface area (Å²) in [5.41, 5.74) is 0.522. The van der Waals surface area contributed by atoms with Crippen LogP contribution in [0.15, 0.2) is 12.4 Å². The van der Waals surface area contributed by atoms with E-state index in [2.05, 4.69) is 5.10 Å². The number of likely N-dealkylation sites (N-methyl/N-ethyl adjacent to an activating group) is 1. The minimum Gasteiger partial charge on any atom is -0.479 e. The summed E-state index contributed by atoms with van der Waals surface area (Å²) in [6.45, 7) is 7.37. The molecular formula is C12H19N3O3. The number of aliphatic carboxylic acids is 1. The van der Waals surface area contributed by atoms with Gasteiger partial charge in [-0.25, -0.2) is 4.79 Å². The van der Waals surface area contributed by atoms with E-state index in [0.29, 0.717) is 12.1 Å². The molecule has 1 atom stereocenters. The van der Waals surface area contributed by atoms with Crippen molar-refractivity contribution in [3.8, 4) is 0 Å². The number of rotatable bonds is 5. The number of carbonyl (C=O) groups excluding carboxylic acids is 1. The Balaban J connectivity index is 3.11. The van der Waals surface area contributed by atoms with Crippen molar-refractivity contribution >= 4 is 11.9 Å². The molecule has 1 amide bonds. The minimum absolute atomic E-state index is 0.153. The molecule has 100 valence electrons. The Hall–Kier alpha value is -1.85. The standard InChI is InChI=1S/C12H19N3O3/c1-5-14(9(4)16)11(12(17)18)10-6-13-15(7-10)8(2)3/h6-8,11H,5H2,1-4H3,(H,17,18). The van der Waals surface area contributed by atoms with Gasteiger partial charge in [-0.15, -0.1) is 0 Å². The molecule has 6 nitrogen and oxygen atoms in total. The van der Waals surface area contributed by atoms with Gasteiger partial charge in [0.05, 0.1) is 6.20 Å². The molecule has 6 heteroatoms. The summed E-state index contributed by atoms with van der Waals surface area (Å²) in [6, 6.07) is -0.819. The topological polar surface area (TPSA) is 75.4 Å². The van der Waals surface area contributed by atoms with Crippen molar-refractivity contribution < 1.29 is 14.7 Å². The lowest BCUT2D eigenvalue weighted by atomic mass is 10.1. The van der Waals surface area contributed by atoms with Gasteiger partial charge in [0.2, 0.25) is 5.91 Å². The second-order valence-electron chi connectivity index (χ2n) is 4.39. The zero-order valence-corrected chi connectivity index (χ0v) is 11.1. The first-order chi connectivity index (χ1) is 8.38. The summed E-state index contributed by atoms with van der Waals surface area (Å²) in [6.07, 6.45) is 3.18. The smallest absolute Gasteiger partial charge is 0.331 e. The summed E-state index contributed by atoms with van der Waals surface area (Å²) < 4.78 is 1.68. The van der Waals surface area contributed by atoms with Crippen molar-refractivity contribution in [3.05, 3.63) is 18.0 Å². The zero-order valence-electron chi connectivity index (χ0n) is 11.1. The summed E-state index contributed by atoms with van der Waals surface area (Å²) in [5.74, 6) is -1.31. The second kappa shape index (κ2) is 5.66. The molecule has 1 aromatic heterocycles. The lowest BCUT2D eigenvalue weighted by molar-refractivity contribution is -0.149. The van der Waals surface area contributed by atoms with Crippen molar-refractivity contribution in [2.24, 2.45) is 0 Å². The Morgan fingerprint density at radius 2 is 2.11 bits per heavy atom. The van der Waals surface area contributed by atoms with Gasteiger partial charge in [-0.2, -0.15) is 5.10 Å². The number of hydrogen-bond donors (Lipinski definition) is 1. The van der Waals surface area contributed by atoms with E-state index in [1.807, 2.05) is 13.8 Å². The third-order valence-electron chi connectivity index (χ3n) is 2.76. The van der Waals surface area contributed by atoms with Crippen molar-refractivity contribution in [2.75, 3.05) is 6.54 Å². The first-order valence-electron chi connectivity index (χ1n) is 5.92. The van der Waals surface area contributed by atoms with E-state index in [1.54, 1.807) is 17.8 Å². The molecule has 0 saturated carbocycles. The van der Waals surface area contributed by atoms with E-state index in [1.165, 1.54) is 18.0 Å². The van der Waals surface area contributed by atoms with Gasteiger partial charge in [0.1, 0.15) is 0 Å². The van der Waals surface area contributed by atoms with Gasteiger partial charge in [-0.05, 0) is 20.8 Å². The molecule has 18 heavy (non-hydrogen) atoms. The number of nitrogens with zero attached hydrogens (tertiary/aromatic N) is 3. The van der Waals surface area contributed by atoms with Crippen LogP contribution >= 0.6 is 0 Å². The maximum atomic E-state index is 11.5. The maximum Gasteiger partial charge on any atom is 0.331 e. The van der Waals surface area contributed by atoms with Gasteiger partial charge in [0, 0.05) is 31.3 Å². The molecule has 0 saturated heterocycles. The SMILES string of the molecule is CCN(C(C)=O)C(C(=O)O)c1cnn(C(C)C)c1. The summed E-state index contributed by atoms with van der Waals surface area (Å²) in [5, 5.41) is 13.4. The molecule has 1 heterocycles. The highest BCUT2D eigenvalue weighted by Crippen LogP contribution is 2.21. The molecule has 1 aromatic rings. The normalized spacial score (nSPS) is 12.5. The third kappa shape index (κ3) is 2.88. The van der Waals surface area contributed by atoms with Crippen LogP contribution in [0.1, 0.15) is 45.3 Å². The van der Waals surface area contributed by atoms with Crippen LogP contribution in [0, 0.1) is 0 Å². The average molecular weight is 253 g/mol. The van der Waals surface area contributed by atoms with Crippen molar-refractivity contribution in [1.29, 1.82) is 0 Å². The van der Waals surface area contributed by atoms with Gasteiger partial charge >= 0.3 is 5.97 Å². The van der Waals surface area contributed by atoms with E-state index in [4.69, 9.17) is 0 Å². The molecule has 0 bridgehead atoms. The van der Waals surface area contributed by atoms with Gasteiger partial charge in [0.25, 0.3) is 0 Å². The molecule has 0 aliphatic heterocycles. The fourth-order valence-electron chi connectivity index (χ4n) is 1.82. The van der Waals surface area contributed by atoms with Crippen LogP contribution in [0.25, 0.3) is 0 Å². The third-order valence-corrected chi connectivity index (χ3v) is 2.76. The van der Waals surface area contributed by atoms with Gasteiger partial charge in [0.15, 0.2) is 6.04 Å². The number of carboxylic acids is 1. The van der Waals surface area contributed by atoms with Crippen LogP contribution in [0.4, 0.5) is 0 Å². The minimum atomic E-state index is -1.05. The van der Waals surface area contributed by atoms with Crippen LogP contribution in [-0.2, 0) is 9.59 Å². The van der Waals surface area contributed by atoms with E-state index in [9.17, 15) is 14.7 Å². The Morgan fingerprint density at radius 1 is 1.50 bits per heavy atom. The number of aromatic nitrogens is 2. The van der Waals surface area contributed by atoms with Gasteiger partial charge in [-0.3, -0.25) is 9.48 Å². The van der Waals surface area contributed by atoms with E-state index in [-0.39, 0.29) is 11.9 Å². The summed E-state index contributed by atoms with van der Waals surface area (Å²) in [4.78, 5) is 24.1. The zero-order chi connectivity index (χ0) is 13.9. The molecule has 0 aliphatic rings. The van der Waals surface area contributed by atoms with Crippen molar-refractivity contribution in [2.45, 2.75) is 39.8 Å². The molecule has 0 aromatic carbocycles. The Bertz CT molecular complexity index is 440. The van der Waals surface area contributed by atoms with E-state index in [0.717, 1.165) is 0 Å². The molecular weight excluding hydrogens is 234 g/mol. The van der Waals surface area contributed by atoms with Crippen LogP contribution in [0.3, 0.4) is 0 Å². The molecule has 1 rings (SSSR count). The predicted octanol–water partition coefficient (Wildman–Crippen LogP) is 1.46. The van der Waals surface area contributed by atoms with Crippen molar-refractivity contribution in [3.63, 3.8) is 0 Å². The average Bonchev–Trinajstić information content (AvgIpc) is 2.73. The van der Waals surface area contributed by atoms with Crippen LogP contribution in [0.5, 0.6) is 0 Å². The lowest BCUT2D eigenvalue weighted by Crippen LogP contribution is -2.37. The Kier molecular flexibility index (Phi) is 4.47. The highest BCUT2D eigenvalue weighted by atomic mass is 16.4. The molecule has 0 fully saturated rings. The highest BCUT2D eigenvalue weighted by molar-refractivity contribution is 5.83. The van der Waals surface area contributed by atoms with Gasteiger partial charge in [-0.1, -0.05) is 0 Å². The first-order valence-corrected chi connectivity index (χ1v) is 5.92. The largest absolute Gasteiger partial charge is 0.479 e. The lowest BCUT2D eigenvalue weighted by Gasteiger charge is -2.25. The summed E-state index contributed by atoms with van der Waals surface area (Å²) in [7, 11) is 0. The monoisotopic (exact) mass is 253 g/mol. The quantitative estimate of drug-likeness (QED) is 0.862. The first kappa shape index (κ1) is 14.2. The fraction of sp³-hybridized carbons (Fsp3) is 0.583. The number of hydrogen-bond acceptors (Lipinski definition) is 3. The number of carbonyl (C=O) groups is 2. The van der Waals surface area contributed by atoms with Crippen molar-refractivity contribution in [1.82, 2.24) is 14.7 Å². The molecule has 1 N–H and O–H groups in total. The van der Waals surface area contributed by atoms with E-state index < -0.39 is 12.0 Å². The molecule has 0 spiro atoms. The number of carboxylic acid groups (broad SMARTS) is 1. The Morgan fingerprint density at radius 3 is 2.44 bits per heavy atom. The van der Waals surface area contributed by atoms with Crippen LogP contribution in [0.2, 0.25) is 0 Å². The van der Waals surface area contributed by atoms with E-state index >= 15 is 0 Å². The predicted molar refractivity (Wildman–Crippen MR) is 66.0 cm³/mol. The second-order valence-corrected chi connectivity index (χ2v) is 4.39. The van der Waals surface area contributed by atoms with Gasteiger partial charge < -0.3 is 10.0 Å². The fourth-order valence-corrected chi connectivity index (χ4v) is 1.82. The molecule has 1 unspecified atom stereocenters. The Labute approximate surface area is 106 Å².